The van der Waals surface area contributed by atoms with Gasteiger partial charge in [-0.3, -0.25) is 4.99 Å². The fourth-order valence-electron chi connectivity index (χ4n) is 1.90. The van der Waals surface area contributed by atoms with Gasteiger partial charge in [-0.15, -0.1) is 24.0 Å². The largest absolute Gasteiger partial charge is 0.390 e. The number of rotatable bonds is 8. The van der Waals surface area contributed by atoms with Gasteiger partial charge in [0.15, 0.2) is 5.96 Å². The van der Waals surface area contributed by atoms with Gasteiger partial charge in [0.2, 0.25) is 0 Å². The fraction of sp³-hybridized carbons (Fsp3) is 0.562. The Morgan fingerprint density at radius 3 is 2.38 bits per heavy atom. The van der Waals surface area contributed by atoms with Crippen molar-refractivity contribution in [3.8, 4) is 0 Å². The number of alkyl halides is 3. The second-order valence-electron chi connectivity index (χ2n) is 5.07. The maximum absolute atomic E-state index is 12.1. The number of benzene rings is 1. The molecule has 0 saturated heterocycles. The first-order chi connectivity index (χ1) is 10.9. The van der Waals surface area contributed by atoms with Crippen LogP contribution in [0.15, 0.2) is 35.3 Å². The van der Waals surface area contributed by atoms with E-state index in [1.54, 1.807) is 0 Å². The topological polar surface area (TPSA) is 45.7 Å². The third kappa shape index (κ3) is 10.7. The van der Waals surface area contributed by atoms with Crippen molar-refractivity contribution in [2.24, 2.45) is 4.99 Å². The van der Waals surface area contributed by atoms with Gasteiger partial charge < -0.3 is 15.4 Å². The van der Waals surface area contributed by atoms with Crippen LogP contribution < -0.4 is 10.6 Å². The third-order valence-electron chi connectivity index (χ3n) is 3.17. The van der Waals surface area contributed by atoms with Gasteiger partial charge in [0.05, 0.1) is 12.5 Å². The van der Waals surface area contributed by atoms with Crippen LogP contribution in [0.25, 0.3) is 0 Å². The van der Waals surface area contributed by atoms with E-state index in [-0.39, 0.29) is 36.6 Å². The molecule has 1 aromatic rings. The molecular weight excluding hydrogens is 434 g/mol. The number of nitrogens with one attached hydrogen (secondary N) is 2. The Bertz CT molecular complexity index is 469. The number of ether oxygens (including phenoxy) is 1. The van der Waals surface area contributed by atoms with Crippen LogP contribution in [-0.4, -0.2) is 38.9 Å². The molecule has 1 atom stereocenters. The summed E-state index contributed by atoms with van der Waals surface area (Å²) in [5, 5.41) is 5.59. The average molecular weight is 459 g/mol. The molecule has 0 radical (unpaired) electrons. The quantitative estimate of drug-likeness (QED) is 0.269. The molecule has 0 aromatic heterocycles. The Morgan fingerprint density at radius 2 is 1.79 bits per heavy atom. The lowest BCUT2D eigenvalue weighted by Crippen LogP contribution is -2.39. The maximum Gasteiger partial charge on any atom is 0.390 e. The third-order valence-corrected chi connectivity index (χ3v) is 3.17. The van der Waals surface area contributed by atoms with E-state index in [0.29, 0.717) is 19.1 Å². The highest BCUT2D eigenvalue weighted by molar-refractivity contribution is 14.0. The first-order valence-electron chi connectivity index (χ1n) is 7.60. The van der Waals surface area contributed by atoms with Crippen LogP contribution in [0.1, 0.15) is 31.4 Å². The zero-order valence-corrected chi connectivity index (χ0v) is 16.2. The van der Waals surface area contributed by atoms with Crippen molar-refractivity contribution in [1.29, 1.82) is 0 Å². The number of nitrogens with zero attached hydrogens (tertiary/aromatic N) is 1. The number of hydrogen-bond acceptors (Lipinski definition) is 2. The van der Waals surface area contributed by atoms with Gasteiger partial charge in [-0.25, -0.2) is 0 Å². The predicted octanol–water partition coefficient (Wildman–Crippen LogP) is 3.89. The number of aliphatic imine (C=N–C) groups is 1. The van der Waals surface area contributed by atoms with Crippen LogP contribution in [-0.2, 0) is 4.74 Å². The molecule has 0 heterocycles. The molecule has 0 aliphatic carbocycles. The van der Waals surface area contributed by atoms with Crippen LogP contribution >= 0.6 is 24.0 Å². The van der Waals surface area contributed by atoms with Crippen LogP contribution in [0, 0.1) is 0 Å². The van der Waals surface area contributed by atoms with Gasteiger partial charge in [-0.2, -0.15) is 13.2 Å². The maximum atomic E-state index is 12.1. The summed E-state index contributed by atoms with van der Waals surface area (Å²) >= 11 is 0. The molecule has 4 nitrogen and oxygen atoms in total. The molecule has 138 valence electrons. The van der Waals surface area contributed by atoms with Gasteiger partial charge >= 0.3 is 6.18 Å². The Balaban J connectivity index is 0.00000529. The summed E-state index contributed by atoms with van der Waals surface area (Å²) in [6, 6.07) is 9.91. The standard InChI is InChI=1S/C16H24F3N3O.HI/c1-13(14-7-4-3-5-8-14)23-12-6-10-21-15(20-2)22-11-9-16(17,18)19;/h3-5,7-8,13H,6,9-12H2,1-2H3,(H2,20,21,22);1H. The second kappa shape index (κ2) is 12.3. The molecule has 1 unspecified atom stereocenters. The van der Waals surface area contributed by atoms with Crippen molar-refractivity contribution in [1.82, 2.24) is 10.6 Å². The van der Waals surface area contributed by atoms with E-state index in [2.05, 4.69) is 15.6 Å². The summed E-state index contributed by atoms with van der Waals surface area (Å²) in [5.41, 5.74) is 1.12. The van der Waals surface area contributed by atoms with Crippen molar-refractivity contribution < 1.29 is 17.9 Å². The van der Waals surface area contributed by atoms with Crippen molar-refractivity contribution in [2.45, 2.75) is 32.0 Å². The van der Waals surface area contributed by atoms with E-state index in [1.165, 1.54) is 7.05 Å². The van der Waals surface area contributed by atoms with Gasteiger partial charge in [0, 0.05) is 26.7 Å². The first-order valence-corrected chi connectivity index (χ1v) is 7.60. The lowest BCUT2D eigenvalue weighted by Gasteiger charge is -2.15. The van der Waals surface area contributed by atoms with Crippen molar-refractivity contribution in [3.63, 3.8) is 0 Å². The summed E-state index contributed by atoms with van der Waals surface area (Å²) in [6.45, 7) is 2.93. The lowest BCUT2D eigenvalue weighted by atomic mass is 10.1. The fourth-order valence-corrected chi connectivity index (χ4v) is 1.90. The van der Waals surface area contributed by atoms with Crippen LogP contribution in [0.2, 0.25) is 0 Å². The minimum absolute atomic E-state index is 0. The Labute approximate surface area is 158 Å². The molecule has 0 aliphatic rings. The van der Waals surface area contributed by atoms with Gasteiger partial charge in [-0.05, 0) is 18.9 Å². The molecule has 1 aromatic carbocycles. The van der Waals surface area contributed by atoms with Gasteiger partial charge in [-0.1, -0.05) is 30.3 Å². The zero-order valence-electron chi connectivity index (χ0n) is 13.9. The van der Waals surface area contributed by atoms with Gasteiger partial charge in [0.1, 0.15) is 0 Å². The predicted molar refractivity (Wildman–Crippen MR) is 101 cm³/mol. The summed E-state index contributed by atoms with van der Waals surface area (Å²) in [7, 11) is 1.52. The minimum Gasteiger partial charge on any atom is -0.374 e. The van der Waals surface area contributed by atoms with E-state index < -0.39 is 12.6 Å². The molecule has 0 bridgehead atoms. The molecule has 0 spiro atoms. The van der Waals surface area contributed by atoms with Crippen LogP contribution in [0.3, 0.4) is 0 Å². The molecule has 0 aliphatic heterocycles. The molecule has 0 saturated carbocycles. The monoisotopic (exact) mass is 459 g/mol. The first kappa shape index (κ1) is 23.0. The number of halogens is 4. The Hall–Kier alpha value is -1.03. The van der Waals surface area contributed by atoms with E-state index >= 15 is 0 Å². The van der Waals surface area contributed by atoms with E-state index in [9.17, 15) is 13.2 Å². The molecule has 0 fully saturated rings. The molecule has 0 amide bonds. The minimum atomic E-state index is -4.16. The molecule has 24 heavy (non-hydrogen) atoms. The Kier molecular flexibility index (Phi) is 11.8. The number of guanidine groups is 1. The smallest absolute Gasteiger partial charge is 0.374 e. The van der Waals surface area contributed by atoms with Crippen molar-refractivity contribution in [2.75, 3.05) is 26.7 Å². The highest BCUT2D eigenvalue weighted by Gasteiger charge is 2.26. The van der Waals surface area contributed by atoms with Crippen molar-refractivity contribution >= 4 is 29.9 Å². The van der Waals surface area contributed by atoms with Crippen LogP contribution in [0.5, 0.6) is 0 Å². The number of hydrogen-bond donors (Lipinski definition) is 2. The highest BCUT2D eigenvalue weighted by Crippen LogP contribution is 2.18. The van der Waals surface area contributed by atoms with Gasteiger partial charge in [0.25, 0.3) is 0 Å². The SMILES string of the molecule is CN=C(NCCCOC(C)c1ccccc1)NCCC(F)(F)F.I. The summed E-state index contributed by atoms with van der Waals surface area (Å²) < 4.78 is 41.9. The highest BCUT2D eigenvalue weighted by atomic mass is 127. The Morgan fingerprint density at radius 1 is 1.17 bits per heavy atom. The molecular formula is C16H25F3IN3O. The van der Waals surface area contributed by atoms with Crippen molar-refractivity contribution in [3.05, 3.63) is 35.9 Å². The normalized spacial score (nSPS) is 13.1. The molecule has 2 N–H and O–H groups in total. The summed E-state index contributed by atoms with van der Waals surface area (Å²) in [5.74, 6) is 0.366. The summed E-state index contributed by atoms with van der Waals surface area (Å²) in [6.07, 6.45) is -4.30. The van der Waals surface area contributed by atoms with Crippen LogP contribution in [0.4, 0.5) is 13.2 Å². The zero-order chi connectivity index (χ0) is 17.1. The molecule has 1 rings (SSSR count). The van der Waals surface area contributed by atoms with E-state index in [0.717, 1.165) is 12.0 Å². The van der Waals surface area contributed by atoms with E-state index in [4.69, 9.17) is 4.74 Å². The lowest BCUT2D eigenvalue weighted by molar-refractivity contribution is -0.132. The second-order valence-corrected chi connectivity index (χ2v) is 5.07. The summed E-state index contributed by atoms with van der Waals surface area (Å²) in [4.78, 5) is 3.87. The average Bonchev–Trinajstić information content (AvgIpc) is 2.52. The van der Waals surface area contributed by atoms with E-state index in [1.807, 2.05) is 37.3 Å². The molecule has 8 heteroatoms.